The molecule has 0 fully saturated rings. The summed E-state index contributed by atoms with van der Waals surface area (Å²) in [5.74, 6) is 5.22. The maximum atomic E-state index is 5.41. The second-order valence-corrected chi connectivity index (χ2v) is 2.88. The van der Waals surface area contributed by atoms with Crippen molar-refractivity contribution in [1.82, 2.24) is 10.7 Å². The van der Waals surface area contributed by atoms with Gasteiger partial charge in [0.15, 0.2) is 0 Å². The minimum atomic E-state index is 0.401. The molecule has 1 rings (SSSR count). The maximum absolute atomic E-state index is 5.41. The Balaban J connectivity index is 2.38. The number of hydrogen-bond acceptors (Lipinski definition) is 4. The van der Waals surface area contributed by atoms with Gasteiger partial charge < -0.3 is 16.5 Å². The van der Waals surface area contributed by atoms with E-state index in [0.29, 0.717) is 6.54 Å². The second kappa shape index (κ2) is 6.01. The quantitative estimate of drug-likeness (QED) is 0.392. The van der Waals surface area contributed by atoms with Crippen molar-refractivity contribution in [2.45, 2.75) is 6.54 Å². The highest BCUT2D eigenvalue weighted by Gasteiger charge is 1.90. The summed E-state index contributed by atoms with van der Waals surface area (Å²) in [6.45, 7) is 1.17. The van der Waals surface area contributed by atoms with Gasteiger partial charge in [-0.3, -0.25) is 5.84 Å². The zero-order valence-electron chi connectivity index (χ0n) is 8.03. The molecule has 0 aromatic heterocycles. The van der Waals surface area contributed by atoms with E-state index in [1.807, 2.05) is 18.2 Å². The van der Waals surface area contributed by atoms with E-state index in [1.54, 1.807) is 6.20 Å². The molecular formula is C10H16N4. The van der Waals surface area contributed by atoms with E-state index in [-0.39, 0.29) is 0 Å². The Hall–Kier alpha value is -1.52. The lowest BCUT2D eigenvalue weighted by atomic mass is 10.2. The molecule has 4 nitrogen and oxygen atoms in total. The lowest BCUT2D eigenvalue weighted by Crippen LogP contribution is -2.28. The van der Waals surface area contributed by atoms with Gasteiger partial charge in [-0.05, 0) is 5.56 Å². The Morgan fingerprint density at radius 2 is 2.00 bits per heavy atom. The second-order valence-electron chi connectivity index (χ2n) is 2.88. The van der Waals surface area contributed by atoms with E-state index in [9.17, 15) is 0 Å². The van der Waals surface area contributed by atoms with Crippen LogP contribution in [0.2, 0.25) is 0 Å². The zero-order chi connectivity index (χ0) is 10.2. The summed E-state index contributed by atoms with van der Waals surface area (Å²) in [5, 5.41) is 3.12. The fourth-order valence-corrected chi connectivity index (χ4v) is 1.05. The van der Waals surface area contributed by atoms with Crippen molar-refractivity contribution in [2.75, 3.05) is 6.54 Å². The SMILES string of the molecule is NC/C(=C/NCc1ccccc1)NN. The summed E-state index contributed by atoms with van der Waals surface area (Å²) in [6.07, 6.45) is 1.78. The van der Waals surface area contributed by atoms with Crippen molar-refractivity contribution < 1.29 is 0 Å². The van der Waals surface area contributed by atoms with Gasteiger partial charge in [0, 0.05) is 19.3 Å². The third kappa shape index (κ3) is 3.47. The summed E-state index contributed by atoms with van der Waals surface area (Å²) >= 11 is 0. The van der Waals surface area contributed by atoms with Gasteiger partial charge in [0.25, 0.3) is 0 Å². The summed E-state index contributed by atoms with van der Waals surface area (Å²) in [6, 6.07) is 10.1. The number of hydrogen-bond donors (Lipinski definition) is 4. The van der Waals surface area contributed by atoms with Crippen molar-refractivity contribution in [3.63, 3.8) is 0 Å². The zero-order valence-corrected chi connectivity index (χ0v) is 8.03. The summed E-state index contributed by atoms with van der Waals surface area (Å²) < 4.78 is 0. The molecule has 0 aliphatic rings. The molecule has 0 heterocycles. The molecule has 0 spiro atoms. The first-order chi connectivity index (χ1) is 6.86. The van der Waals surface area contributed by atoms with E-state index in [0.717, 1.165) is 12.2 Å². The van der Waals surface area contributed by atoms with E-state index in [4.69, 9.17) is 11.6 Å². The Morgan fingerprint density at radius 3 is 2.57 bits per heavy atom. The Kier molecular flexibility index (Phi) is 4.54. The van der Waals surface area contributed by atoms with Crippen LogP contribution in [0.5, 0.6) is 0 Å². The Labute approximate surface area is 84.0 Å². The molecule has 14 heavy (non-hydrogen) atoms. The molecule has 0 aliphatic carbocycles. The van der Waals surface area contributed by atoms with E-state index in [1.165, 1.54) is 5.56 Å². The molecule has 4 heteroatoms. The van der Waals surface area contributed by atoms with Gasteiger partial charge in [0.1, 0.15) is 0 Å². The Morgan fingerprint density at radius 1 is 1.29 bits per heavy atom. The third-order valence-corrected chi connectivity index (χ3v) is 1.83. The van der Waals surface area contributed by atoms with Crippen LogP contribution in [-0.2, 0) is 6.54 Å². The minimum absolute atomic E-state index is 0.401. The molecule has 1 aromatic carbocycles. The fraction of sp³-hybridized carbons (Fsp3) is 0.200. The lowest BCUT2D eigenvalue weighted by Gasteiger charge is -2.05. The van der Waals surface area contributed by atoms with E-state index in [2.05, 4.69) is 22.9 Å². The van der Waals surface area contributed by atoms with Crippen LogP contribution in [0.1, 0.15) is 5.56 Å². The van der Waals surface area contributed by atoms with Gasteiger partial charge in [0.05, 0.1) is 5.70 Å². The summed E-state index contributed by atoms with van der Waals surface area (Å²) in [5.41, 5.74) is 9.92. The van der Waals surface area contributed by atoms with Crippen LogP contribution in [0.25, 0.3) is 0 Å². The van der Waals surface area contributed by atoms with Crippen molar-refractivity contribution >= 4 is 0 Å². The first-order valence-electron chi connectivity index (χ1n) is 4.50. The predicted octanol–water partition coefficient (Wildman–Crippen LogP) is 0.0396. The number of nitrogens with one attached hydrogen (secondary N) is 2. The highest BCUT2D eigenvalue weighted by molar-refractivity contribution is 5.14. The lowest BCUT2D eigenvalue weighted by molar-refractivity contribution is 0.791. The van der Waals surface area contributed by atoms with Gasteiger partial charge in [-0.1, -0.05) is 30.3 Å². The topological polar surface area (TPSA) is 76.1 Å². The molecule has 0 unspecified atom stereocenters. The normalized spacial score (nSPS) is 11.1. The predicted molar refractivity (Wildman–Crippen MR) is 57.7 cm³/mol. The molecule has 0 bridgehead atoms. The van der Waals surface area contributed by atoms with E-state index >= 15 is 0 Å². The first kappa shape index (κ1) is 10.6. The molecule has 0 amide bonds. The molecule has 0 atom stereocenters. The average molecular weight is 192 g/mol. The van der Waals surface area contributed by atoms with Crippen LogP contribution in [0.4, 0.5) is 0 Å². The molecule has 0 radical (unpaired) electrons. The molecule has 76 valence electrons. The fourth-order valence-electron chi connectivity index (χ4n) is 1.05. The number of nitrogens with two attached hydrogens (primary N) is 2. The number of rotatable bonds is 5. The number of hydrazine groups is 1. The van der Waals surface area contributed by atoms with Crippen molar-refractivity contribution in [1.29, 1.82) is 0 Å². The molecular weight excluding hydrogens is 176 g/mol. The maximum Gasteiger partial charge on any atom is 0.0551 e. The third-order valence-electron chi connectivity index (χ3n) is 1.83. The molecule has 0 saturated carbocycles. The smallest absolute Gasteiger partial charge is 0.0551 e. The van der Waals surface area contributed by atoms with Gasteiger partial charge in [0.2, 0.25) is 0 Å². The summed E-state index contributed by atoms with van der Waals surface area (Å²) in [7, 11) is 0. The largest absolute Gasteiger partial charge is 0.385 e. The van der Waals surface area contributed by atoms with Crippen LogP contribution >= 0.6 is 0 Å². The molecule has 0 aliphatic heterocycles. The molecule has 0 saturated heterocycles. The first-order valence-corrected chi connectivity index (χ1v) is 4.50. The van der Waals surface area contributed by atoms with Crippen molar-refractivity contribution in [3.05, 3.63) is 47.8 Å². The standard InChI is InChI=1S/C10H16N4/c11-6-10(14-12)8-13-7-9-4-2-1-3-5-9/h1-5,8,13-14H,6-7,11-12H2/b10-8-. The monoisotopic (exact) mass is 192 g/mol. The van der Waals surface area contributed by atoms with Crippen LogP contribution in [0, 0.1) is 0 Å². The Bertz CT molecular complexity index is 275. The van der Waals surface area contributed by atoms with Gasteiger partial charge in [-0.15, -0.1) is 0 Å². The van der Waals surface area contributed by atoms with Crippen LogP contribution < -0.4 is 22.3 Å². The molecule has 6 N–H and O–H groups in total. The average Bonchev–Trinajstić information content (AvgIpc) is 2.26. The van der Waals surface area contributed by atoms with Crippen molar-refractivity contribution in [3.8, 4) is 0 Å². The van der Waals surface area contributed by atoms with Crippen LogP contribution in [0.15, 0.2) is 42.2 Å². The van der Waals surface area contributed by atoms with Gasteiger partial charge >= 0.3 is 0 Å². The van der Waals surface area contributed by atoms with Crippen LogP contribution in [-0.4, -0.2) is 6.54 Å². The van der Waals surface area contributed by atoms with Gasteiger partial charge in [-0.2, -0.15) is 0 Å². The van der Waals surface area contributed by atoms with E-state index < -0.39 is 0 Å². The summed E-state index contributed by atoms with van der Waals surface area (Å²) in [4.78, 5) is 0. The number of benzene rings is 1. The highest BCUT2D eigenvalue weighted by Crippen LogP contribution is 1.96. The highest BCUT2D eigenvalue weighted by atomic mass is 15.2. The van der Waals surface area contributed by atoms with Crippen LogP contribution in [0.3, 0.4) is 0 Å². The minimum Gasteiger partial charge on any atom is -0.385 e. The molecule has 1 aromatic rings. The van der Waals surface area contributed by atoms with Crippen molar-refractivity contribution in [2.24, 2.45) is 11.6 Å². The van der Waals surface area contributed by atoms with Gasteiger partial charge in [-0.25, -0.2) is 0 Å².